The van der Waals surface area contributed by atoms with Crippen LogP contribution in [0.25, 0.3) is 0 Å². The largest absolute Gasteiger partial charge is 0.459 e. The van der Waals surface area contributed by atoms with E-state index >= 15 is 0 Å². The quantitative estimate of drug-likeness (QED) is 0.0377. The van der Waals surface area contributed by atoms with Gasteiger partial charge in [0.05, 0.1) is 39.6 Å². The van der Waals surface area contributed by atoms with Crippen molar-refractivity contribution < 1.29 is 119 Å². The molecule has 3 rings (SSSR count). The van der Waals surface area contributed by atoms with Gasteiger partial charge in [0, 0.05) is 34.3 Å². The molecule has 62 heavy (non-hydrogen) atoms. The molecule has 0 amide bonds. The molecule has 0 radical (unpaired) electrons. The third kappa shape index (κ3) is 17.2. The van der Waals surface area contributed by atoms with Crippen LogP contribution in [0, 0.1) is 22.2 Å². The van der Waals surface area contributed by atoms with Gasteiger partial charge in [-0.2, -0.15) is 0 Å². The van der Waals surface area contributed by atoms with Gasteiger partial charge in [-0.05, 0) is 54.3 Å². The average Bonchev–Trinajstić information content (AvgIpc) is 3.16. The summed E-state index contributed by atoms with van der Waals surface area (Å²) in [6, 6.07) is 0. The Morgan fingerprint density at radius 3 is 1.81 bits per heavy atom. The number of hydrogen-bond donors (Lipinski definition) is 10. The number of rotatable bonds is 26. The standard InChI is InChI=1S/C40H75O20P.W/c1-22(9-12-41)15-40(6,7)20-52-18-25-26(45)28(47)29(48)36(58-25)60-34-31(50)37(57-24(17-43)32(34)54-21-44)59-33-27(46)23(16-42)56-35(30(33)49)53-13-10-38(2,3)19-39(4,5)11-14-55-61(8)51;/h21-37,41-43,45-51H,9-20H2,1-8H3;. The van der Waals surface area contributed by atoms with Crippen molar-refractivity contribution >= 4 is 14.8 Å². The SMILES string of the molecule is CC(CCO)CC(C)(C)COCC1OC(OC2C(O)C(OC3C(O)C(CO)OC(OCCC(C)(C)CC(C)(C)CCOP(C)O)C3O)OC(CO)C2OC=O)C(O)C(O)C1O.[W]. The van der Waals surface area contributed by atoms with Gasteiger partial charge >= 0.3 is 0 Å². The Hall–Kier alpha value is -0.132. The molecule has 0 spiro atoms. The molecule has 366 valence electrons. The molecule has 3 aliphatic rings. The molecule has 3 fully saturated rings. The maximum absolute atomic E-state index is 11.6. The Labute approximate surface area is 380 Å². The molecule has 10 N–H and O–H groups in total. The first-order valence-corrected chi connectivity index (χ1v) is 22.7. The van der Waals surface area contributed by atoms with Crippen LogP contribution >= 0.6 is 8.38 Å². The predicted octanol–water partition coefficient (Wildman–Crippen LogP) is -0.738. The predicted molar refractivity (Wildman–Crippen MR) is 215 cm³/mol. The fourth-order valence-electron chi connectivity index (χ4n) is 8.52. The molecule has 17 unspecified atom stereocenters. The molecule has 0 aliphatic carbocycles. The smallest absolute Gasteiger partial charge is 0.293 e. The van der Waals surface area contributed by atoms with Crippen molar-refractivity contribution in [1.82, 2.24) is 0 Å². The summed E-state index contributed by atoms with van der Waals surface area (Å²) in [6.07, 6.45) is -21.3. The van der Waals surface area contributed by atoms with E-state index in [9.17, 15) is 55.6 Å². The number of hydrogen-bond acceptors (Lipinski definition) is 20. The number of carbonyl (C=O) groups excluding carboxylic acids is 1. The van der Waals surface area contributed by atoms with Crippen molar-refractivity contribution in [3.63, 3.8) is 0 Å². The van der Waals surface area contributed by atoms with Gasteiger partial charge in [-0.15, -0.1) is 0 Å². The topological polar surface area (TPSA) is 302 Å². The molecule has 0 saturated carbocycles. The molecule has 20 nitrogen and oxygen atoms in total. The molecule has 0 aromatic heterocycles. The van der Waals surface area contributed by atoms with Gasteiger partial charge in [-0.1, -0.05) is 48.5 Å². The van der Waals surface area contributed by atoms with E-state index in [4.69, 9.17) is 42.4 Å². The maximum Gasteiger partial charge on any atom is 0.293 e. The average molecular weight is 1090 g/mol. The van der Waals surface area contributed by atoms with Crippen LogP contribution in [0.2, 0.25) is 0 Å². The summed E-state index contributed by atoms with van der Waals surface area (Å²) < 4.78 is 51.6. The Balaban J connectivity index is 0.0000132. The minimum absolute atomic E-state index is 0. The summed E-state index contributed by atoms with van der Waals surface area (Å²) in [4.78, 5) is 21.1. The van der Waals surface area contributed by atoms with Gasteiger partial charge in [-0.3, -0.25) is 4.79 Å². The molecule has 22 heteroatoms. The molecule has 17 atom stereocenters. The first-order chi connectivity index (χ1) is 28.5. The molecule has 3 heterocycles. The molecule has 3 aliphatic heterocycles. The number of ether oxygens (including phenoxy) is 8. The van der Waals surface area contributed by atoms with E-state index in [1.54, 1.807) is 6.66 Å². The normalized spacial score (nSPS) is 35.8. The summed E-state index contributed by atoms with van der Waals surface area (Å²) in [7, 11) is -1.45. The summed E-state index contributed by atoms with van der Waals surface area (Å²) >= 11 is 0. The van der Waals surface area contributed by atoms with E-state index in [2.05, 4.69) is 27.7 Å². The van der Waals surface area contributed by atoms with Crippen molar-refractivity contribution in [2.45, 2.75) is 173 Å². The number of aliphatic hydroxyl groups is 9. The number of carbonyl (C=O) groups is 1. The van der Waals surface area contributed by atoms with Crippen LogP contribution in [0.3, 0.4) is 0 Å². The van der Waals surface area contributed by atoms with Crippen LogP contribution in [-0.4, -0.2) is 202 Å². The Kier molecular flexibility index (Phi) is 24.7. The third-order valence-corrected chi connectivity index (χ3v) is 12.0. The second-order valence-corrected chi connectivity index (χ2v) is 20.2. The van der Waals surface area contributed by atoms with Crippen molar-refractivity contribution in [3.8, 4) is 0 Å². The van der Waals surface area contributed by atoms with Gasteiger partial charge in [0.1, 0.15) is 67.1 Å². The molecule has 0 aromatic carbocycles. The van der Waals surface area contributed by atoms with Crippen molar-refractivity contribution in [2.24, 2.45) is 22.2 Å². The van der Waals surface area contributed by atoms with E-state index in [1.165, 1.54) is 0 Å². The molecule has 0 aromatic rings. The summed E-state index contributed by atoms with van der Waals surface area (Å²) in [5.74, 6) is 0.211. The number of aliphatic hydroxyl groups excluding tert-OH is 9. The van der Waals surface area contributed by atoms with Crippen LogP contribution in [-0.2, 0) is 68.3 Å². The summed E-state index contributed by atoms with van der Waals surface area (Å²) in [5.41, 5.74) is -0.725. The minimum Gasteiger partial charge on any atom is -0.459 e. The monoisotopic (exact) mass is 1090 g/mol. The van der Waals surface area contributed by atoms with E-state index in [-0.39, 0.29) is 76.1 Å². The zero-order valence-corrected chi connectivity index (χ0v) is 41.0. The van der Waals surface area contributed by atoms with Gasteiger partial charge in [-0.25, -0.2) is 0 Å². The van der Waals surface area contributed by atoms with E-state index < -0.39 is 114 Å². The van der Waals surface area contributed by atoms with E-state index in [0.717, 1.165) is 12.8 Å². The summed E-state index contributed by atoms with van der Waals surface area (Å²) in [6.45, 7) is 14.9. The Morgan fingerprint density at radius 2 is 1.23 bits per heavy atom. The van der Waals surface area contributed by atoms with Crippen LogP contribution in [0.4, 0.5) is 0 Å². The van der Waals surface area contributed by atoms with Gasteiger partial charge in [0.2, 0.25) is 0 Å². The van der Waals surface area contributed by atoms with E-state index in [0.29, 0.717) is 25.9 Å². The fraction of sp³-hybridized carbons (Fsp3) is 0.975. The van der Waals surface area contributed by atoms with Gasteiger partial charge < -0.3 is 93.3 Å². The fourth-order valence-corrected chi connectivity index (χ4v) is 8.87. The van der Waals surface area contributed by atoms with Gasteiger partial charge in [0.25, 0.3) is 6.47 Å². The zero-order chi connectivity index (χ0) is 45.9. The van der Waals surface area contributed by atoms with E-state index in [1.807, 2.05) is 20.8 Å². The Bertz CT molecular complexity index is 1270. The van der Waals surface area contributed by atoms with Crippen LogP contribution in [0.15, 0.2) is 0 Å². The van der Waals surface area contributed by atoms with Gasteiger partial charge in [0.15, 0.2) is 33.3 Å². The molecule has 0 bridgehead atoms. The zero-order valence-electron chi connectivity index (χ0n) is 37.2. The minimum atomic E-state index is -1.95. The third-order valence-electron chi connectivity index (χ3n) is 11.5. The van der Waals surface area contributed by atoms with Crippen LogP contribution < -0.4 is 0 Å². The molecular formula is C40H75O20PW. The first kappa shape index (κ1) is 58.0. The van der Waals surface area contributed by atoms with Crippen LogP contribution in [0.5, 0.6) is 0 Å². The van der Waals surface area contributed by atoms with Crippen molar-refractivity contribution in [3.05, 3.63) is 0 Å². The van der Waals surface area contributed by atoms with Crippen LogP contribution in [0.1, 0.15) is 80.6 Å². The first-order valence-electron chi connectivity index (χ1n) is 21.0. The molecular weight excluding hydrogens is 1020 g/mol. The molecule has 3 saturated heterocycles. The van der Waals surface area contributed by atoms with Crippen molar-refractivity contribution in [2.75, 3.05) is 52.9 Å². The second-order valence-electron chi connectivity index (χ2n) is 19.0. The van der Waals surface area contributed by atoms with Crippen molar-refractivity contribution in [1.29, 1.82) is 0 Å². The maximum atomic E-state index is 11.6. The Morgan fingerprint density at radius 1 is 0.677 bits per heavy atom. The second kappa shape index (κ2) is 26.4. The summed E-state index contributed by atoms with van der Waals surface area (Å²) in [5, 5.41) is 96.4.